The molecule has 1 heterocycles. The first-order chi connectivity index (χ1) is 9.78. The highest BCUT2D eigenvalue weighted by Crippen LogP contribution is 2.27. The van der Waals surface area contributed by atoms with Crippen LogP contribution in [-0.4, -0.2) is 9.97 Å². The zero-order chi connectivity index (χ0) is 13.9. The van der Waals surface area contributed by atoms with Gasteiger partial charge in [0.25, 0.3) is 0 Å². The molecular formula is C17H19ClN2. The Kier molecular flexibility index (Phi) is 4.02. The van der Waals surface area contributed by atoms with Gasteiger partial charge in [0.05, 0.1) is 0 Å². The van der Waals surface area contributed by atoms with Crippen LogP contribution in [0.3, 0.4) is 0 Å². The molecule has 0 bridgehead atoms. The Morgan fingerprint density at radius 3 is 2.50 bits per heavy atom. The van der Waals surface area contributed by atoms with Crippen LogP contribution in [0.4, 0.5) is 0 Å². The van der Waals surface area contributed by atoms with Gasteiger partial charge >= 0.3 is 0 Å². The van der Waals surface area contributed by atoms with Crippen molar-refractivity contribution in [2.75, 3.05) is 0 Å². The lowest BCUT2D eigenvalue weighted by molar-refractivity contribution is 0.709. The standard InChI is InChI=1S/C17H19ClN2/c1-2-12-8-10-13(11-9-12)17-19-15-7-5-3-4-6-14(15)16(18)20-17/h8-11H,2-7H2,1H3. The van der Waals surface area contributed by atoms with Gasteiger partial charge in [-0.1, -0.05) is 49.2 Å². The minimum Gasteiger partial charge on any atom is -0.233 e. The summed E-state index contributed by atoms with van der Waals surface area (Å²) in [7, 11) is 0. The van der Waals surface area contributed by atoms with Crippen molar-refractivity contribution >= 4 is 11.6 Å². The third kappa shape index (κ3) is 2.71. The molecule has 104 valence electrons. The lowest BCUT2D eigenvalue weighted by atomic mass is 10.1. The highest BCUT2D eigenvalue weighted by molar-refractivity contribution is 6.30. The van der Waals surface area contributed by atoms with Gasteiger partial charge in [-0.25, -0.2) is 9.97 Å². The summed E-state index contributed by atoms with van der Waals surface area (Å²) >= 11 is 6.38. The molecule has 3 heteroatoms. The number of nitrogens with zero attached hydrogens (tertiary/aromatic N) is 2. The Hall–Kier alpha value is -1.41. The van der Waals surface area contributed by atoms with Gasteiger partial charge in [-0.3, -0.25) is 0 Å². The van der Waals surface area contributed by atoms with Crippen LogP contribution in [0.1, 0.15) is 43.0 Å². The van der Waals surface area contributed by atoms with Crippen LogP contribution in [-0.2, 0) is 19.3 Å². The summed E-state index contributed by atoms with van der Waals surface area (Å²) in [6.07, 6.45) is 6.75. The van der Waals surface area contributed by atoms with Gasteiger partial charge in [0.2, 0.25) is 0 Å². The normalized spacial score (nSPS) is 14.7. The second kappa shape index (κ2) is 5.92. The zero-order valence-electron chi connectivity index (χ0n) is 11.8. The fourth-order valence-electron chi connectivity index (χ4n) is 2.74. The van der Waals surface area contributed by atoms with Gasteiger partial charge in [-0.2, -0.15) is 0 Å². The maximum Gasteiger partial charge on any atom is 0.161 e. The van der Waals surface area contributed by atoms with E-state index in [0.29, 0.717) is 5.15 Å². The number of hydrogen-bond acceptors (Lipinski definition) is 2. The van der Waals surface area contributed by atoms with Crippen molar-refractivity contribution in [2.45, 2.75) is 45.4 Å². The second-order valence-corrected chi connectivity index (χ2v) is 5.73. The molecule has 0 aliphatic heterocycles. The first-order valence-electron chi connectivity index (χ1n) is 7.42. The molecule has 1 aliphatic carbocycles. The Morgan fingerprint density at radius 2 is 1.75 bits per heavy atom. The molecule has 0 amide bonds. The molecule has 0 saturated carbocycles. The molecular weight excluding hydrogens is 268 g/mol. The van der Waals surface area contributed by atoms with Crippen LogP contribution in [0.2, 0.25) is 5.15 Å². The summed E-state index contributed by atoms with van der Waals surface area (Å²) in [4.78, 5) is 9.27. The molecule has 3 rings (SSSR count). The van der Waals surface area contributed by atoms with E-state index in [1.165, 1.54) is 24.8 Å². The van der Waals surface area contributed by atoms with Crippen molar-refractivity contribution in [3.05, 3.63) is 46.2 Å². The number of benzene rings is 1. The number of hydrogen-bond donors (Lipinski definition) is 0. The molecule has 20 heavy (non-hydrogen) atoms. The van der Waals surface area contributed by atoms with E-state index in [0.717, 1.165) is 41.9 Å². The van der Waals surface area contributed by atoms with E-state index in [-0.39, 0.29) is 0 Å². The Bertz CT molecular complexity index is 605. The lowest BCUT2D eigenvalue weighted by Crippen LogP contribution is -2.02. The van der Waals surface area contributed by atoms with E-state index < -0.39 is 0 Å². The van der Waals surface area contributed by atoms with Gasteiger partial charge in [-0.05, 0) is 37.7 Å². The third-order valence-electron chi connectivity index (χ3n) is 4.00. The van der Waals surface area contributed by atoms with Crippen LogP contribution in [0.25, 0.3) is 11.4 Å². The van der Waals surface area contributed by atoms with E-state index in [1.54, 1.807) is 0 Å². The fraction of sp³-hybridized carbons (Fsp3) is 0.412. The molecule has 1 aromatic heterocycles. The summed E-state index contributed by atoms with van der Waals surface area (Å²) in [5, 5.41) is 0.645. The van der Waals surface area contributed by atoms with Crippen LogP contribution in [0.5, 0.6) is 0 Å². The smallest absolute Gasteiger partial charge is 0.161 e. The maximum atomic E-state index is 6.38. The van der Waals surface area contributed by atoms with Crippen LogP contribution < -0.4 is 0 Å². The van der Waals surface area contributed by atoms with Crippen molar-refractivity contribution in [3.8, 4) is 11.4 Å². The molecule has 0 atom stereocenters. The van der Waals surface area contributed by atoms with Gasteiger partial charge in [-0.15, -0.1) is 0 Å². The SMILES string of the molecule is CCc1ccc(-c2nc(Cl)c3c(n2)CCCCC3)cc1. The van der Waals surface area contributed by atoms with E-state index in [1.807, 2.05) is 0 Å². The molecule has 2 aromatic rings. The van der Waals surface area contributed by atoms with E-state index in [2.05, 4.69) is 36.2 Å². The van der Waals surface area contributed by atoms with E-state index >= 15 is 0 Å². The highest BCUT2D eigenvalue weighted by atomic mass is 35.5. The molecule has 0 unspecified atom stereocenters. The average Bonchev–Trinajstić information content (AvgIpc) is 2.73. The number of aromatic nitrogens is 2. The first-order valence-corrected chi connectivity index (χ1v) is 7.80. The number of rotatable bonds is 2. The second-order valence-electron chi connectivity index (χ2n) is 5.37. The molecule has 1 aliphatic rings. The summed E-state index contributed by atoms with van der Waals surface area (Å²) in [5.74, 6) is 0.762. The van der Waals surface area contributed by atoms with E-state index in [9.17, 15) is 0 Å². The fourth-order valence-corrected chi connectivity index (χ4v) is 3.03. The van der Waals surface area contributed by atoms with Crippen molar-refractivity contribution in [1.82, 2.24) is 9.97 Å². The summed E-state index contributed by atoms with van der Waals surface area (Å²) in [6.45, 7) is 2.16. The number of fused-ring (bicyclic) bond motifs is 1. The van der Waals surface area contributed by atoms with Gasteiger partial charge in [0.1, 0.15) is 5.15 Å². The van der Waals surface area contributed by atoms with Crippen molar-refractivity contribution in [1.29, 1.82) is 0 Å². The average molecular weight is 287 g/mol. The van der Waals surface area contributed by atoms with Gasteiger partial charge < -0.3 is 0 Å². The van der Waals surface area contributed by atoms with Crippen LogP contribution in [0.15, 0.2) is 24.3 Å². The predicted octanol–water partition coefficient (Wildman–Crippen LogP) is 4.63. The molecule has 0 fully saturated rings. The van der Waals surface area contributed by atoms with E-state index in [4.69, 9.17) is 16.6 Å². The third-order valence-corrected chi connectivity index (χ3v) is 4.32. The minimum atomic E-state index is 0.645. The number of aryl methyl sites for hydroxylation is 2. The molecule has 0 spiro atoms. The Morgan fingerprint density at radius 1 is 1.00 bits per heavy atom. The predicted molar refractivity (Wildman–Crippen MR) is 83.1 cm³/mol. The minimum absolute atomic E-state index is 0.645. The largest absolute Gasteiger partial charge is 0.233 e. The number of halogens is 1. The van der Waals surface area contributed by atoms with Crippen LogP contribution >= 0.6 is 11.6 Å². The summed E-state index contributed by atoms with van der Waals surface area (Å²) in [6, 6.07) is 8.46. The molecule has 0 saturated heterocycles. The van der Waals surface area contributed by atoms with Crippen molar-refractivity contribution < 1.29 is 0 Å². The molecule has 0 radical (unpaired) electrons. The summed E-state index contributed by atoms with van der Waals surface area (Å²) < 4.78 is 0. The topological polar surface area (TPSA) is 25.8 Å². The zero-order valence-corrected chi connectivity index (χ0v) is 12.6. The van der Waals surface area contributed by atoms with Crippen molar-refractivity contribution in [3.63, 3.8) is 0 Å². The molecule has 0 N–H and O–H groups in total. The van der Waals surface area contributed by atoms with Crippen molar-refractivity contribution in [2.24, 2.45) is 0 Å². The Balaban J connectivity index is 2.01. The Labute approximate surface area is 125 Å². The quantitative estimate of drug-likeness (QED) is 0.594. The molecule has 1 aromatic carbocycles. The lowest BCUT2D eigenvalue weighted by Gasteiger charge is -2.09. The first kappa shape index (κ1) is 13.6. The monoisotopic (exact) mass is 286 g/mol. The maximum absolute atomic E-state index is 6.38. The van der Waals surface area contributed by atoms with Gasteiger partial charge in [0.15, 0.2) is 5.82 Å². The summed E-state index contributed by atoms with van der Waals surface area (Å²) in [5.41, 5.74) is 4.70. The molecule has 2 nitrogen and oxygen atoms in total. The van der Waals surface area contributed by atoms with Gasteiger partial charge in [0, 0.05) is 16.8 Å². The van der Waals surface area contributed by atoms with Crippen LogP contribution in [0, 0.1) is 0 Å². The highest BCUT2D eigenvalue weighted by Gasteiger charge is 2.16.